The molecule has 0 radical (unpaired) electrons. The van der Waals surface area contributed by atoms with E-state index >= 15 is 0 Å². The molecule has 2 rings (SSSR count). The molecule has 0 aliphatic carbocycles. The van der Waals surface area contributed by atoms with E-state index < -0.39 is 0 Å². The molecule has 0 aromatic heterocycles. The summed E-state index contributed by atoms with van der Waals surface area (Å²) in [4.78, 5) is 14.0. The number of amides is 1. The molecule has 0 saturated carbocycles. The minimum absolute atomic E-state index is 0.115. The molecule has 0 bridgehead atoms. The first-order valence-electron chi connectivity index (χ1n) is 6.97. The van der Waals surface area contributed by atoms with Crippen molar-refractivity contribution in [2.45, 2.75) is 6.92 Å². The predicted octanol–water partition coefficient (Wildman–Crippen LogP) is 1.85. The molecule has 0 unspecified atom stereocenters. The minimum Gasteiger partial charge on any atom is -0.493 e. The maximum Gasteiger partial charge on any atom is 0.264 e. The van der Waals surface area contributed by atoms with Crippen LogP contribution in [0.3, 0.4) is 0 Å². The van der Waals surface area contributed by atoms with Crippen LogP contribution < -0.4 is 4.74 Å². The zero-order valence-corrected chi connectivity index (χ0v) is 12.0. The lowest BCUT2D eigenvalue weighted by atomic mass is 10.1. The number of ether oxygens (including phenoxy) is 2. The van der Waals surface area contributed by atoms with Gasteiger partial charge in [0.25, 0.3) is 5.91 Å². The number of benzene rings is 1. The standard InChI is InChI=1S/C16H18N2O3/c1-2-21-15-6-4-3-5-13(15)11-14(12-17)16(19)18-7-9-20-10-8-18/h3-6,11H,2,7-10H2,1H3/b14-11+. The maximum atomic E-state index is 12.3. The van der Waals surface area contributed by atoms with Crippen molar-refractivity contribution in [1.82, 2.24) is 4.90 Å². The van der Waals surface area contributed by atoms with Gasteiger partial charge < -0.3 is 14.4 Å². The third-order valence-corrected chi connectivity index (χ3v) is 3.17. The Kier molecular flexibility index (Phi) is 5.35. The monoisotopic (exact) mass is 286 g/mol. The Hall–Kier alpha value is -2.32. The Morgan fingerprint density at radius 3 is 2.81 bits per heavy atom. The molecule has 110 valence electrons. The van der Waals surface area contributed by atoms with Crippen LogP contribution in [0, 0.1) is 11.3 Å². The molecule has 0 atom stereocenters. The van der Waals surface area contributed by atoms with Gasteiger partial charge in [0.15, 0.2) is 0 Å². The van der Waals surface area contributed by atoms with Gasteiger partial charge in [-0.05, 0) is 19.1 Å². The molecular formula is C16H18N2O3. The second kappa shape index (κ2) is 7.46. The van der Waals surface area contributed by atoms with Gasteiger partial charge in [0.2, 0.25) is 0 Å². The van der Waals surface area contributed by atoms with Gasteiger partial charge >= 0.3 is 0 Å². The molecular weight excluding hydrogens is 268 g/mol. The number of hydrogen-bond acceptors (Lipinski definition) is 4. The topological polar surface area (TPSA) is 62.6 Å². The molecule has 1 saturated heterocycles. The maximum absolute atomic E-state index is 12.3. The van der Waals surface area contributed by atoms with E-state index in [4.69, 9.17) is 9.47 Å². The minimum atomic E-state index is -0.257. The molecule has 1 aliphatic heterocycles. The van der Waals surface area contributed by atoms with Gasteiger partial charge in [-0.2, -0.15) is 5.26 Å². The summed E-state index contributed by atoms with van der Waals surface area (Å²) in [6.45, 7) is 4.49. The molecule has 1 heterocycles. The number of hydrogen-bond donors (Lipinski definition) is 0. The van der Waals surface area contributed by atoms with Crippen LogP contribution in [-0.2, 0) is 9.53 Å². The van der Waals surface area contributed by atoms with Crippen molar-refractivity contribution >= 4 is 12.0 Å². The Morgan fingerprint density at radius 1 is 1.43 bits per heavy atom. The van der Waals surface area contributed by atoms with Gasteiger partial charge in [-0.1, -0.05) is 18.2 Å². The second-order valence-corrected chi connectivity index (χ2v) is 4.55. The van der Waals surface area contributed by atoms with Crippen LogP contribution in [0.1, 0.15) is 12.5 Å². The SMILES string of the molecule is CCOc1ccccc1/C=C(\C#N)C(=O)N1CCOCC1. The summed E-state index contributed by atoms with van der Waals surface area (Å²) in [5.41, 5.74) is 0.849. The molecule has 1 fully saturated rings. The van der Waals surface area contributed by atoms with Crippen molar-refractivity contribution in [3.05, 3.63) is 35.4 Å². The van der Waals surface area contributed by atoms with E-state index in [0.717, 1.165) is 5.56 Å². The highest BCUT2D eigenvalue weighted by Crippen LogP contribution is 2.21. The van der Waals surface area contributed by atoms with Crippen molar-refractivity contribution < 1.29 is 14.3 Å². The summed E-state index contributed by atoms with van der Waals surface area (Å²) in [7, 11) is 0. The Labute approximate surface area is 124 Å². The molecule has 1 aliphatic rings. The van der Waals surface area contributed by atoms with Crippen molar-refractivity contribution in [1.29, 1.82) is 5.26 Å². The zero-order chi connectivity index (χ0) is 15.1. The van der Waals surface area contributed by atoms with Gasteiger partial charge in [-0.3, -0.25) is 4.79 Å². The van der Waals surface area contributed by atoms with Crippen molar-refractivity contribution in [2.24, 2.45) is 0 Å². The summed E-state index contributed by atoms with van der Waals surface area (Å²) >= 11 is 0. The van der Waals surface area contributed by atoms with Crippen LogP contribution in [0.15, 0.2) is 29.8 Å². The molecule has 0 N–H and O–H groups in total. The smallest absolute Gasteiger partial charge is 0.264 e. The van der Waals surface area contributed by atoms with Crippen LogP contribution in [0.25, 0.3) is 6.08 Å². The van der Waals surface area contributed by atoms with Crippen LogP contribution in [0.5, 0.6) is 5.75 Å². The number of para-hydroxylation sites is 1. The van der Waals surface area contributed by atoms with Gasteiger partial charge in [-0.25, -0.2) is 0 Å². The molecule has 5 heteroatoms. The average molecular weight is 286 g/mol. The first-order valence-corrected chi connectivity index (χ1v) is 6.97. The van der Waals surface area contributed by atoms with Gasteiger partial charge in [0.05, 0.1) is 19.8 Å². The van der Waals surface area contributed by atoms with Crippen LogP contribution in [-0.4, -0.2) is 43.7 Å². The number of carbonyl (C=O) groups excluding carboxylic acids is 1. The Bertz CT molecular complexity index is 569. The fourth-order valence-corrected chi connectivity index (χ4v) is 2.12. The highest BCUT2D eigenvalue weighted by atomic mass is 16.5. The lowest BCUT2D eigenvalue weighted by Gasteiger charge is -2.26. The number of morpholine rings is 1. The molecule has 1 aromatic rings. The largest absolute Gasteiger partial charge is 0.493 e. The van der Waals surface area contributed by atoms with E-state index in [1.54, 1.807) is 11.0 Å². The van der Waals surface area contributed by atoms with E-state index in [9.17, 15) is 10.1 Å². The third-order valence-electron chi connectivity index (χ3n) is 3.17. The third kappa shape index (κ3) is 3.83. The quantitative estimate of drug-likeness (QED) is 0.626. The molecule has 21 heavy (non-hydrogen) atoms. The second-order valence-electron chi connectivity index (χ2n) is 4.55. The van der Waals surface area contributed by atoms with Crippen LogP contribution in [0.2, 0.25) is 0 Å². The van der Waals surface area contributed by atoms with Crippen molar-refractivity contribution in [2.75, 3.05) is 32.9 Å². The van der Waals surface area contributed by atoms with Crippen LogP contribution in [0.4, 0.5) is 0 Å². The molecule has 1 aromatic carbocycles. The summed E-state index contributed by atoms with van der Waals surface area (Å²) in [5, 5.41) is 9.27. The van der Waals surface area contributed by atoms with Gasteiger partial charge in [0.1, 0.15) is 17.4 Å². The number of nitriles is 1. The van der Waals surface area contributed by atoms with E-state index in [0.29, 0.717) is 38.7 Å². The first-order chi connectivity index (χ1) is 10.3. The normalized spacial score (nSPS) is 15.4. The fourth-order valence-electron chi connectivity index (χ4n) is 2.12. The van der Waals surface area contributed by atoms with E-state index in [-0.39, 0.29) is 11.5 Å². The first kappa shape index (κ1) is 15.1. The number of rotatable bonds is 4. The van der Waals surface area contributed by atoms with E-state index in [1.807, 2.05) is 37.3 Å². The Balaban J connectivity index is 2.24. The van der Waals surface area contributed by atoms with Gasteiger partial charge in [-0.15, -0.1) is 0 Å². The zero-order valence-electron chi connectivity index (χ0n) is 12.0. The van der Waals surface area contributed by atoms with Crippen molar-refractivity contribution in [3.63, 3.8) is 0 Å². The van der Waals surface area contributed by atoms with E-state index in [2.05, 4.69) is 0 Å². The van der Waals surface area contributed by atoms with E-state index in [1.165, 1.54) is 0 Å². The van der Waals surface area contributed by atoms with Crippen molar-refractivity contribution in [3.8, 4) is 11.8 Å². The number of nitrogens with zero attached hydrogens (tertiary/aromatic N) is 2. The fraction of sp³-hybridized carbons (Fsp3) is 0.375. The van der Waals surface area contributed by atoms with Crippen LogP contribution >= 0.6 is 0 Å². The lowest BCUT2D eigenvalue weighted by molar-refractivity contribution is -0.130. The molecule has 5 nitrogen and oxygen atoms in total. The van der Waals surface area contributed by atoms with Gasteiger partial charge in [0, 0.05) is 18.7 Å². The predicted molar refractivity (Wildman–Crippen MR) is 78.6 cm³/mol. The summed E-state index contributed by atoms with van der Waals surface area (Å²) in [6.07, 6.45) is 1.59. The average Bonchev–Trinajstić information content (AvgIpc) is 2.54. The highest BCUT2D eigenvalue weighted by molar-refractivity contribution is 6.02. The molecule has 1 amide bonds. The summed E-state index contributed by atoms with van der Waals surface area (Å²) in [5.74, 6) is 0.412. The molecule has 0 spiro atoms. The summed E-state index contributed by atoms with van der Waals surface area (Å²) < 4.78 is 10.7. The number of carbonyl (C=O) groups is 1. The summed E-state index contributed by atoms with van der Waals surface area (Å²) in [6, 6.07) is 9.35. The highest BCUT2D eigenvalue weighted by Gasteiger charge is 2.20. The Morgan fingerprint density at radius 2 is 2.14 bits per heavy atom. The lowest BCUT2D eigenvalue weighted by Crippen LogP contribution is -2.41.